The zero-order valence-electron chi connectivity index (χ0n) is 9.22. The number of benzene rings is 1. The van der Waals surface area contributed by atoms with Crippen LogP contribution in [0.15, 0.2) is 24.3 Å². The van der Waals surface area contributed by atoms with Crippen LogP contribution in [0.5, 0.6) is 5.75 Å². The largest absolute Gasteiger partial charge is 0.494 e. The predicted octanol–water partition coefficient (Wildman–Crippen LogP) is 1.64. The summed E-state index contributed by atoms with van der Waals surface area (Å²) in [5.41, 5.74) is 0.752. The summed E-state index contributed by atoms with van der Waals surface area (Å²) in [7, 11) is 0. The second kappa shape index (κ2) is 6.12. The van der Waals surface area contributed by atoms with E-state index in [2.05, 4.69) is 0 Å². The number of rotatable bonds is 6. The first-order chi connectivity index (χ1) is 7.65. The van der Waals surface area contributed by atoms with Gasteiger partial charge in [0.2, 0.25) is 0 Å². The summed E-state index contributed by atoms with van der Waals surface area (Å²) < 4.78 is 5.33. The number of hydrogen-bond donors (Lipinski definition) is 2. The van der Waals surface area contributed by atoms with E-state index in [9.17, 15) is 4.79 Å². The lowest BCUT2D eigenvalue weighted by Crippen LogP contribution is -2.07. The van der Waals surface area contributed by atoms with Crippen molar-refractivity contribution in [2.45, 2.75) is 19.3 Å². The molecule has 4 nitrogen and oxygen atoms in total. The van der Waals surface area contributed by atoms with E-state index in [1.54, 1.807) is 31.2 Å². The standard InChI is InChI=1S/C12H16O4/c1-9(12(14)15)10-3-5-11(6-4-10)16-8-2-7-13/h3-6,9,13H,2,7-8H2,1H3,(H,14,15). The normalized spacial score (nSPS) is 12.1. The molecule has 0 radical (unpaired) electrons. The van der Waals surface area contributed by atoms with Crippen LogP contribution in [-0.4, -0.2) is 29.4 Å². The van der Waals surface area contributed by atoms with Crippen LogP contribution in [0.4, 0.5) is 0 Å². The minimum absolute atomic E-state index is 0.105. The molecule has 1 aromatic carbocycles. The highest BCUT2D eigenvalue weighted by molar-refractivity contribution is 5.75. The molecule has 2 N–H and O–H groups in total. The zero-order valence-corrected chi connectivity index (χ0v) is 9.22. The first-order valence-corrected chi connectivity index (χ1v) is 5.21. The Labute approximate surface area is 94.5 Å². The van der Waals surface area contributed by atoms with Crippen LogP contribution in [0.3, 0.4) is 0 Å². The summed E-state index contributed by atoms with van der Waals surface area (Å²) in [6, 6.07) is 6.97. The quantitative estimate of drug-likeness (QED) is 0.721. The van der Waals surface area contributed by atoms with Gasteiger partial charge in [-0.1, -0.05) is 12.1 Å². The lowest BCUT2D eigenvalue weighted by Gasteiger charge is -2.08. The van der Waals surface area contributed by atoms with Crippen molar-refractivity contribution >= 4 is 5.97 Å². The fourth-order valence-electron chi connectivity index (χ4n) is 1.25. The molecule has 0 aliphatic rings. The molecule has 1 atom stereocenters. The van der Waals surface area contributed by atoms with Crippen molar-refractivity contribution in [2.75, 3.05) is 13.2 Å². The van der Waals surface area contributed by atoms with Gasteiger partial charge in [-0.25, -0.2) is 0 Å². The molecule has 16 heavy (non-hydrogen) atoms. The number of aliphatic hydroxyl groups excluding tert-OH is 1. The summed E-state index contributed by atoms with van der Waals surface area (Å²) >= 11 is 0. The molecule has 0 spiro atoms. The number of carbonyl (C=O) groups is 1. The topological polar surface area (TPSA) is 66.8 Å². The Kier molecular flexibility index (Phi) is 4.79. The van der Waals surface area contributed by atoms with E-state index < -0.39 is 11.9 Å². The van der Waals surface area contributed by atoms with Crippen LogP contribution in [0.1, 0.15) is 24.8 Å². The number of ether oxygens (including phenoxy) is 1. The third-order valence-electron chi connectivity index (χ3n) is 2.32. The molecule has 0 saturated heterocycles. The maximum Gasteiger partial charge on any atom is 0.310 e. The smallest absolute Gasteiger partial charge is 0.310 e. The van der Waals surface area contributed by atoms with E-state index >= 15 is 0 Å². The Bertz CT molecular complexity index is 331. The molecule has 0 aliphatic heterocycles. The molecule has 0 heterocycles. The number of aliphatic hydroxyl groups is 1. The van der Waals surface area contributed by atoms with Gasteiger partial charge in [0.25, 0.3) is 0 Å². The van der Waals surface area contributed by atoms with Gasteiger partial charge in [0.15, 0.2) is 0 Å². The minimum Gasteiger partial charge on any atom is -0.494 e. The first-order valence-electron chi connectivity index (χ1n) is 5.21. The van der Waals surface area contributed by atoms with E-state index in [-0.39, 0.29) is 6.61 Å². The minimum atomic E-state index is -0.839. The van der Waals surface area contributed by atoms with Gasteiger partial charge in [-0.15, -0.1) is 0 Å². The van der Waals surface area contributed by atoms with Gasteiger partial charge in [-0.2, -0.15) is 0 Å². The molecule has 1 rings (SSSR count). The van der Waals surface area contributed by atoms with Gasteiger partial charge in [0.1, 0.15) is 5.75 Å². The number of hydrogen-bond acceptors (Lipinski definition) is 3. The third-order valence-corrected chi connectivity index (χ3v) is 2.32. The van der Waals surface area contributed by atoms with Crippen molar-refractivity contribution in [3.05, 3.63) is 29.8 Å². The monoisotopic (exact) mass is 224 g/mol. The Balaban J connectivity index is 2.57. The molecule has 0 fully saturated rings. The van der Waals surface area contributed by atoms with Crippen molar-refractivity contribution in [3.63, 3.8) is 0 Å². The molecule has 0 amide bonds. The van der Waals surface area contributed by atoms with Crippen LogP contribution < -0.4 is 4.74 Å². The highest BCUT2D eigenvalue weighted by Crippen LogP contribution is 2.19. The maximum atomic E-state index is 10.7. The summed E-state index contributed by atoms with van der Waals surface area (Å²) in [5, 5.41) is 17.4. The van der Waals surface area contributed by atoms with Crippen molar-refractivity contribution in [1.29, 1.82) is 0 Å². The van der Waals surface area contributed by atoms with Gasteiger partial charge < -0.3 is 14.9 Å². The van der Waals surface area contributed by atoms with E-state index in [1.807, 2.05) is 0 Å². The molecule has 0 aliphatic carbocycles. The van der Waals surface area contributed by atoms with Gasteiger partial charge >= 0.3 is 5.97 Å². The highest BCUT2D eigenvalue weighted by atomic mass is 16.5. The molecular weight excluding hydrogens is 208 g/mol. The molecule has 1 unspecified atom stereocenters. The van der Waals surface area contributed by atoms with Crippen molar-refractivity contribution in [2.24, 2.45) is 0 Å². The summed E-state index contributed by atoms with van der Waals surface area (Å²) in [6.07, 6.45) is 0.591. The molecule has 1 aromatic rings. The SMILES string of the molecule is CC(C(=O)O)c1ccc(OCCCO)cc1. The fraction of sp³-hybridized carbons (Fsp3) is 0.417. The van der Waals surface area contributed by atoms with Gasteiger partial charge in [-0.05, 0) is 24.6 Å². The Morgan fingerprint density at radius 2 is 2.00 bits per heavy atom. The number of aliphatic carboxylic acids is 1. The first kappa shape index (κ1) is 12.5. The fourth-order valence-corrected chi connectivity index (χ4v) is 1.25. The van der Waals surface area contributed by atoms with Crippen molar-refractivity contribution in [1.82, 2.24) is 0 Å². The second-order valence-electron chi connectivity index (χ2n) is 3.55. The summed E-state index contributed by atoms with van der Waals surface area (Å²) in [5.74, 6) is -0.657. The average molecular weight is 224 g/mol. The lowest BCUT2D eigenvalue weighted by molar-refractivity contribution is -0.138. The van der Waals surface area contributed by atoms with Gasteiger partial charge in [0.05, 0.1) is 12.5 Å². The average Bonchev–Trinajstić information content (AvgIpc) is 2.29. The zero-order chi connectivity index (χ0) is 12.0. The van der Waals surface area contributed by atoms with Crippen LogP contribution in [0, 0.1) is 0 Å². The van der Waals surface area contributed by atoms with Crippen LogP contribution in [0.25, 0.3) is 0 Å². The van der Waals surface area contributed by atoms with E-state index in [0.717, 1.165) is 5.56 Å². The van der Waals surface area contributed by atoms with Crippen molar-refractivity contribution < 1.29 is 19.7 Å². The molecule has 0 aromatic heterocycles. The Hall–Kier alpha value is -1.55. The second-order valence-corrected chi connectivity index (χ2v) is 3.55. The molecule has 0 bridgehead atoms. The molecule has 0 saturated carbocycles. The third kappa shape index (κ3) is 3.55. The van der Waals surface area contributed by atoms with Gasteiger partial charge in [-0.3, -0.25) is 4.79 Å². The Morgan fingerprint density at radius 3 is 2.50 bits per heavy atom. The van der Waals surface area contributed by atoms with Crippen LogP contribution in [0.2, 0.25) is 0 Å². The summed E-state index contributed by atoms with van der Waals surface area (Å²) in [4.78, 5) is 10.7. The predicted molar refractivity (Wildman–Crippen MR) is 59.7 cm³/mol. The Morgan fingerprint density at radius 1 is 1.38 bits per heavy atom. The van der Waals surface area contributed by atoms with E-state index in [0.29, 0.717) is 18.8 Å². The number of carboxylic acids is 1. The van der Waals surface area contributed by atoms with Gasteiger partial charge in [0, 0.05) is 13.0 Å². The van der Waals surface area contributed by atoms with E-state index in [4.69, 9.17) is 14.9 Å². The summed E-state index contributed by atoms with van der Waals surface area (Å²) in [6.45, 7) is 2.21. The lowest BCUT2D eigenvalue weighted by atomic mass is 10.0. The van der Waals surface area contributed by atoms with Crippen LogP contribution in [-0.2, 0) is 4.79 Å². The molecular formula is C12H16O4. The highest BCUT2D eigenvalue weighted by Gasteiger charge is 2.12. The molecule has 4 heteroatoms. The van der Waals surface area contributed by atoms with Crippen LogP contribution >= 0.6 is 0 Å². The van der Waals surface area contributed by atoms with Crippen molar-refractivity contribution in [3.8, 4) is 5.75 Å². The van der Waals surface area contributed by atoms with E-state index in [1.165, 1.54) is 0 Å². The molecule has 88 valence electrons. The maximum absolute atomic E-state index is 10.7. The number of carboxylic acid groups (broad SMARTS) is 1.